The molecule has 8 heterocycles. The average Bonchev–Trinajstić information content (AvgIpc) is 1.70. The molecule has 0 amide bonds. The van der Waals surface area contributed by atoms with Gasteiger partial charge in [-0.25, -0.2) is 44.4 Å². The van der Waals surface area contributed by atoms with Gasteiger partial charge in [-0.05, 0) is 154 Å². The Morgan fingerprint density at radius 3 is 1.08 bits per heavy atom. The highest BCUT2D eigenvalue weighted by atomic mass is 32.3. The lowest BCUT2D eigenvalue weighted by Crippen LogP contribution is -2.61. The zero-order valence-electron chi connectivity index (χ0n) is 64.2. The summed E-state index contributed by atoms with van der Waals surface area (Å²) in [7, 11) is -3.41. The van der Waals surface area contributed by atoms with Crippen LogP contribution < -0.4 is 49.6 Å². The SMILES string of the molecule is c1ccc(B2OB(c3ccccc3)OB(c3ccc(-c4ccc(-n5c6ccccc6c6ccccc65)cc4)cc3)O2)cc1.c1ccc(B2OB(c3ccccc3)OB(c3cccc(-c4ncc5ccccc5n4)c3)O2)cc1.c1ccc(B2SB(c3ccccn3)SB(c3ccc(-c4ccc5c6ccccc6c6ccccc6c5c4)cn3)S2)nc1. The Bertz CT molecular complexity index is 6550. The first-order chi connectivity index (χ1) is 59.0. The van der Waals surface area contributed by atoms with E-state index in [0.29, 0.717) is 5.82 Å². The van der Waals surface area contributed by atoms with E-state index < -0.39 is 42.7 Å². The van der Waals surface area contributed by atoms with Crippen LogP contribution in [0.25, 0.3) is 104 Å². The van der Waals surface area contributed by atoms with E-state index in [9.17, 15) is 0 Å². The molecule has 12 nitrogen and oxygen atoms in total. The first-order valence-corrected chi connectivity index (χ1v) is 42.5. The molecule has 19 aromatic rings. The lowest BCUT2D eigenvalue weighted by molar-refractivity contribution is 0.307. The molecule has 24 heteroatoms. The van der Waals surface area contributed by atoms with Crippen LogP contribution in [0, 0.1) is 0 Å². The minimum Gasteiger partial charge on any atom is -0.445 e. The summed E-state index contributed by atoms with van der Waals surface area (Å²) in [6, 6.07) is 131. The van der Waals surface area contributed by atoms with Crippen LogP contribution in [0.1, 0.15) is 0 Å². The van der Waals surface area contributed by atoms with Gasteiger partial charge in [0.25, 0.3) is 0 Å². The number of hydrogen-bond donors (Lipinski definition) is 0. The smallest absolute Gasteiger partial charge is 0.445 e. The van der Waals surface area contributed by atoms with Gasteiger partial charge < -0.3 is 32.0 Å². The van der Waals surface area contributed by atoms with Crippen LogP contribution in [0.15, 0.2) is 407 Å². The molecule has 22 rings (SSSR count). The summed E-state index contributed by atoms with van der Waals surface area (Å²) in [6.07, 6.45) is 7.65. The van der Waals surface area contributed by atoms with Gasteiger partial charge in [0.05, 0.1) is 16.6 Å². The summed E-state index contributed by atoms with van der Waals surface area (Å²) in [5.74, 6) is 0.659. The number of para-hydroxylation sites is 3. The summed E-state index contributed by atoms with van der Waals surface area (Å²) in [6.45, 7) is 0. The van der Waals surface area contributed by atoms with Crippen molar-refractivity contribution in [1.82, 2.24) is 29.5 Å². The van der Waals surface area contributed by atoms with Crippen molar-refractivity contribution < 1.29 is 27.4 Å². The maximum Gasteiger partial charge on any atom is 0.467 e. The molecule has 3 aliphatic rings. The molecule has 0 spiro atoms. The van der Waals surface area contributed by atoms with E-state index in [0.717, 1.165) is 88.4 Å². The number of fused-ring (bicyclic) bond motifs is 10. The van der Waals surface area contributed by atoms with Crippen molar-refractivity contribution in [3.8, 4) is 39.3 Å². The van der Waals surface area contributed by atoms with Crippen LogP contribution in [0.2, 0.25) is 0 Å². The fourth-order valence-electron chi connectivity index (χ4n) is 15.7. The molecule has 3 saturated heterocycles. The molecule has 3 fully saturated rings. The monoisotopic (exact) mass is 1580 g/mol. The van der Waals surface area contributed by atoms with Crippen LogP contribution in [-0.4, -0.2) is 88.0 Å². The molecule has 0 bridgehead atoms. The quantitative estimate of drug-likeness (QED) is 0.0803. The Morgan fingerprint density at radius 1 is 0.235 bits per heavy atom. The molecule has 0 unspecified atom stereocenters. The Morgan fingerprint density at radius 2 is 0.613 bits per heavy atom. The molecule has 3 aliphatic heterocycles. The molecular formula is C95H67B9N6O6S3. The van der Waals surface area contributed by atoms with Crippen LogP contribution in [0.4, 0.5) is 0 Å². The molecular weight excluding hydrogens is 1510 g/mol. The van der Waals surface area contributed by atoms with Crippen molar-refractivity contribution in [3.63, 3.8) is 0 Å². The van der Waals surface area contributed by atoms with Crippen molar-refractivity contribution in [2.24, 2.45) is 0 Å². The van der Waals surface area contributed by atoms with Gasteiger partial charge in [0, 0.05) is 69.0 Å². The third-order valence-corrected chi connectivity index (χ3v) is 26.5. The Hall–Kier alpha value is -12.2. The zero-order chi connectivity index (χ0) is 79.2. The van der Waals surface area contributed by atoms with Crippen LogP contribution in [-0.2, 0) is 27.4 Å². The number of rotatable bonds is 13. The summed E-state index contributed by atoms with van der Waals surface area (Å²) in [5, 5.41) is 11.8. The molecule has 0 N–H and O–H groups in total. The topological polar surface area (TPSA) is 125 Å². The van der Waals surface area contributed by atoms with E-state index >= 15 is 0 Å². The van der Waals surface area contributed by atoms with Crippen LogP contribution >= 0.6 is 34.4 Å². The first-order valence-electron chi connectivity index (χ1n) is 39.7. The van der Waals surface area contributed by atoms with E-state index in [1.807, 2.05) is 241 Å². The molecule has 5 aromatic heterocycles. The molecule has 0 saturated carbocycles. The van der Waals surface area contributed by atoms with Gasteiger partial charge in [0.2, 0.25) is 0 Å². The lowest BCUT2D eigenvalue weighted by atomic mass is 9.61. The predicted octanol–water partition coefficient (Wildman–Crippen LogP) is 15.5. The summed E-state index contributed by atoms with van der Waals surface area (Å²) < 4.78 is 40.0. The largest absolute Gasteiger partial charge is 0.467 e. The number of pyridine rings is 3. The zero-order valence-corrected chi connectivity index (χ0v) is 66.7. The third-order valence-electron chi connectivity index (χ3n) is 21.6. The van der Waals surface area contributed by atoms with Crippen molar-refractivity contribution in [2.75, 3.05) is 0 Å². The summed E-state index contributed by atoms with van der Waals surface area (Å²) >= 11 is 5.74. The van der Waals surface area contributed by atoms with Gasteiger partial charge in [-0.1, -0.05) is 315 Å². The molecule has 0 radical (unpaired) electrons. The van der Waals surface area contributed by atoms with Gasteiger partial charge in [-0.3, -0.25) is 15.0 Å². The predicted molar refractivity (Wildman–Crippen MR) is 505 cm³/mol. The van der Waals surface area contributed by atoms with E-state index in [-0.39, 0.29) is 15.8 Å². The highest BCUT2D eigenvalue weighted by Gasteiger charge is 2.46. The van der Waals surface area contributed by atoms with Gasteiger partial charge in [0.1, 0.15) is 0 Å². The normalized spacial score (nSPS) is 13.8. The van der Waals surface area contributed by atoms with E-state index in [4.69, 9.17) is 37.4 Å². The van der Waals surface area contributed by atoms with E-state index in [1.54, 1.807) is 0 Å². The molecule has 0 atom stereocenters. The molecule has 14 aromatic carbocycles. The van der Waals surface area contributed by atoms with Crippen LogP contribution in [0.5, 0.6) is 0 Å². The fraction of sp³-hybridized carbons (Fsp3) is 0. The van der Waals surface area contributed by atoms with Crippen molar-refractivity contribution >= 4 is 207 Å². The fourth-order valence-corrected chi connectivity index (χ4v) is 21.5. The minimum absolute atomic E-state index is 0.172. The van der Waals surface area contributed by atoms with Gasteiger partial charge in [0.15, 0.2) is 5.82 Å². The highest BCUT2D eigenvalue weighted by molar-refractivity contribution is 8.94. The molecule has 0 aliphatic carbocycles. The van der Waals surface area contributed by atoms with Crippen molar-refractivity contribution in [3.05, 3.63) is 407 Å². The van der Waals surface area contributed by atoms with Crippen molar-refractivity contribution in [1.29, 1.82) is 0 Å². The number of hydrogen-bond acceptors (Lipinski definition) is 14. The number of benzene rings is 14. The summed E-state index contributed by atoms with van der Waals surface area (Å²) in [4.78, 5) is 23.7. The maximum atomic E-state index is 6.34. The average molecular weight is 1580 g/mol. The lowest BCUT2D eigenvalue weighted by Gasteiger charge is -2.31. The minimum atomic E-state index is -0.621. The standard InChI is InChI=1S/C36H26B3NO3.C33H22B3N3S3.C26H19B3N2O3/c1-3-11-29(12-4-1)37-41-38(30-13-5-2-6-14-30)43-39(42-37)31-23-19-27(20-24-31)28-21-25-32(26-22-28)40-35-17-9-7-15-33(35)34-16-8-10-18-36(34)40;1-2-11-27-25(9-1)26-10-3-4-12-28(26)30-21-23(15-17-29(27)30)24-16-18-33(39-22-24)36-41-34(31-13-5-7-19-37-31)40-35(42-36)32-14-6-8-20-38-32;1-3-12-22(13-4-1)27-32-28(23-14-5-2-6-15-23)34-29(33-27)24-16-9-11-20(18-24)26-30-19-21-10-7-8-17-25(21)31-26/h1-26H;1-22H;1-19H. The van der Waals surface area contributed by atoms with E-state index in [1.165, 1.54) is 59.7 Å². The summed E-state index contributed by atoms with van der Waals surface area (Å²) in [5.41, 5.74) is 18.8. The Balaban J connectivity index is 0.000000115. The second-order valence-electron chi connectivity index (χ2n) is 29.1. The highest BCUT2D eigenvalue weighted by Crippen LogP contribution is 2.41. The Labute approximate surface area is 705 Å². The molecule has 119 heavy (non-hydrogen) atoms. The van der Waals surface area contributed by atoms with E-state index in [2.05, 4.69) is 220 Å². The van der Waals surface area contributed by atoms with Gasteiger partial charge in [-0.15, -0.1) is 0 Å². The van der Waals surface area contributed by atoms with Gasteiger partial charge >= 0.3 is 58.5 Å². The second-order valence-corrected chi connectivity index (χ2v) is 33.6. The van der Waals surface area contributed by atoms with Crippen molar-refractivity contribution in [2.45, 2.75) is 0 Å². The molecule has 558 valence electrons. The van der Waals surface area contributed by atoms with Crippen LogP contribution in [0.3, 0.4) is 0 Å². The number of nitrogens with zero attached hydrogens (tertiary/aromatic N) is 6. The second kappa shape index (κ2) is 34.8. The Kier molecular flexibility index (Phi) is 22.1. The third kappa shape index (κ3) is 16.3. The first kappa shape index (κ1) is 75.6. The number of aromatic nitrogens is 6. The maximum absolute atomic E-state index is 6.34. The van der Waals surface area contributed by atoms with Gasteiger partial charge in [-0.2, -0.15) is 0 Å².